The zero-order valence-electron chi connectivity index (χ0n) is 41.4. The van der Waals surface area contributed by atoms with E-state index in [1.54, 1.807) is 12.1 Å². The molecule has 10 nitrogen and oxygen atoms in total. The normalized spacial score (nSPS) is 22.1. The molecule has 0 aliphatic carbocycles. The van der Waals surface area contributed by atoms with E-state index in [4.69, 9.17) is 19.5 Å². The van der Waals surface area contributed by atoms with Gasteiger partial charge in [0.2, 0.25) is 0 Å². The van der Waals surface area contributed by atoms with Crippen LogP contribution < -0.4 is 4.90 Å². The number of rotatable bonds is 11. The quantitative estimate of drug-likeness (QED) is 0.130. The average Bonchev–Trinajstić information content (AvgIpc) is 4.23. The number of carbonyl (C=O) groups excluding carboxylic acids is 2. The molecule has 4 aliphatic heterocycles. The number of likely N-dealkylation sites (tertiary alicyclic amines) is 2. The first-order valence-electron chi connectivity index (χ1n) is 24.9. The fourth-order valence-electron chi connectivity index (χ4n) is 11.9. The third kappa shape index (κ3) is 8.47. The van der Waals surface area contributed by atoms with Gasteiger partial charge in [-0.05, 0) is 96.5 Å². The zero-order valence-corrected chi connectivity index (χ0v) is 41.4. The lowest BCUT2D eigenvalue weighted by atomic mass is 9.87. The van der Waals surface area contributed by atoms with Crippen LogP contribution in [0.1, 0.15) is 117 Å². The molecule has 10 rings (SSSR count). The minimum absolute atomic E-state index is 0.0822. The van der Waals surface area contributed by atoms with Crippen molar-refractivity contribution >= 4 is 39.9 Å². The number of aliphatic imine (C=N–C) groups is 1. The molecule has 382 valence electrons. The molecule has 0 radical (unpaired) electrons. The highest BCUT2D eigenvalue weighted by Crippen LogP contribution is 2.51. The van der Waals surface area contributed by atoms with Crippen molar-refractivity contribution in [2.24, 2.45) is 4.99 Å². The summed E-state index contributed by atoms with van der Waals surface area (Å²) >= 11 is 0. The fraction of sp³-hybridized carbons (Fsp3) is 0.404. The Labute approximate surface area is 420 Å². The number of aromatic amines is 1. The summed E-state index contributed by atoms with van der Waals surface area (Å²) in [6, 6.07) is 33.3. The first kappa shape index (κ1) is 50.0. The Balaban J connectivity index is 0.936. The van der Waals surface area contributed by atoms with Crippen molar-refractivity contribution < 1.29 is 45.4 Å². The molecule has 0 saturated carbocycles. The summed E-state index contributed by atoms with van der Waals surface area (Å²) in [5.41, 5.74) is 0.824. The molecule has 1 aromatic heterocycles. The lowest BCUT2D eigenvalue weighted by Crippen LogP contribution is -2.58. The molecule has 0 unspecified atom stereocenters. The van der Waals surface area contributed by atoms with Crippen LogP contribution in [0.3, 0.4) is 0 Å². The monoisotopic (exact) mass is 1000 g/mol. The topological polar surface area (TPSA) is 103 Å². The Morgan fingerprint density at radius 2 is 1.12 bits per heavy atom. The summed E-state index contributed by atoms with van der Waals surface area (Å²) in [5, 5.41) is 0. The van der Waals surface area contributed by atoms with Crippen molar-refractivity contribution in [2.75, 3.05) is 32.2 Å². The summed E-state index contributed by atoms with van der Waals surface area (Å²) in [6.07, 6.45) is -6.25. The predicted octanol–water partition coefficient (Wildman–Crippen LogP) is 12.4. The second kappa shape index (κ2) is 18.8. The largest absolute Gasteiger partial charge is 0.430 e. The molecule has 1 N–H and O–H groups in total. The number of halogens is 6. The molecule has 16 heteroatoms. The lowest BCUT2D eigenvalue weighted by molar-refractivity contribution is -0.271. The molecule has 0 bridgehead atoms. The second-order valence-corrected chi connectivity index (χ2v) is 20.7. The van der Waals surface area contributed by atoms with Crippen molar-refractivity contribution in [1.82, 2.24) is 19.8 Å². The highest BCUT2D eigenvalue weighted by Gasteiger charge is 2.66. The molecule has 5 aromatic carbocycles. The second-order valence-electron chi connectivity index (χ2n) is 20.7. The van der Waals surface area contributed by atoms with Crippen LogP contribution in [0.2, 0.25) is 0 Å². The van der Waals surface area contributed by atoms with Gasteiger partial charge in [0.25, 0.3) is 23.0 Å². The minimum atomic E-state index is -5.05. The standard InChI is InChI=1S/C57H58F6N6O4/c1-53(2,3)38-22-24-41(25-23-38)69-46(35-20-26-42-37(32-35)34-45(64-42)48-18-12-30-67(48)51(70)54(72-4,56(58,59)60)39-14-8-6-9-15-39)28-29-47(69)36-21-27-43-44(33-36)66-50(65-43)49-19-13-31-68(49)52(71)55(73-5,57(61,62)63)40-16-10-7-11-17-40/h6-11,14-17,20-27,32-33,46-49H,12-13,18-19,28-31,34H2,1-5H3,(H,65,66)/t46-,47-,48+,49+,54-,55-/m1/s1. The van der Waals surface area contributed by atoms with Gasteiger partial charge in [-0.25, -0.2) is 4.98 Å². The number of hydrogen-bond donors (Lipinski definition) is 1. The van der Waals surface area contributed by atoms with Gasteiger partial charge in [0.05, 0.1) is 40.9 Å². The van der Waals surface area contributed by atoms with Crippen LogP contribution in [-0.4, -0.2) is 83.0 Å². The van der Waals surface area contributed by atoms with Crippen LogP contribution in [0.15, 0.2) is 126 Å². The van der Waals surface area contributed by atoms with E-state index >= 15 is 26.3 Å². The van der Waals surface area contributed by atoms with Crippen molar-refractivity contribution in [2.45, 2.75) is 119 Å². The molecule has 73 heavy (non-hydrogen) atoms. The molecule has 6 aromatic rings. The van der Waals surface area contributed by atoms with E-state index in [0.717, 1.165) is 55.1 Å². The number of alkyl halides is 6. The van der Waals surface area contributed by atoms with E-state index in [-0.39, 0.29) is 41.7 Å². The van der Waals surface area contributed by atoms with Gasteiger partial charge in [-0.1, -0.05) is 112 Å². The Kier molecular flexibility index (Phi) is 12.9. The molecule has 2 amide bonds. The zero-order chi connectivity index (χ0) is 51.7. The van der Waals surface area contributed by atoms with Crippen LogP contribution in [0, 0.1) is 0 Å². The Bertz CT molecular complexity index is 3050. The number of methoxy groups -OCH3 is 2. The van der Waals surface area contributed by atoms with Gasteiger partial charge in [0.1, 0.15) is 5.82 Å². The number of anilines is 1. The lowest BCUT2D eigenvalue weighted by Gasteiger charge is -2.38. The number of amides is 2. The van der Waals surface area contributed by atoms with Crippen molar-refractivity contribution in [3.05, 3.63) is 161 Å². The molecular formula is C57H58F6N6O4. The number of ether oxygens (including phenoxy) is 2. The van der Waals surface area contributed by atoms with E-state index < -0.39 is 47.5 Å². The summed E-state index contributed by atoms with van der Waals surface area (Å²) in [4.78, 5) is 46.7. The van der Waals surface area contributed by atoms with Gasteiger partial charge in [-0.2, -0.15) is 26.3 Å². The van der Waals surface area contributed by atoms with Gasteiger partial charge >= 0.3 is 12.4 Å². The molecule has 5 heterocycles. The smallest absolute Gasteiger partial charge is 0.357 e. The maximum Gasteiger partial charge on any atom is 0.430 e. The van der Waals surface area contributed by atoms with Crippen molar-refractivity contribution in [3.8, 4) is 0 Å². The molecular weight excluding hydrogens is 947 g/mol. The molecule has 3 fully saturated rings. The van der Waals surface area contributed by atoms with Crippen molar-refractivity contribution in [1.29, 1.82) is 0 Å². The third-order valence-corrected chi connectivity index (χ3v) is 15.6. The van der Waals surface area contributed by atoms with E-state index in [0.29, 0.717) is 54.7 Å². The molecule has 3 saturated heterocycles. The first-order valence-corrected chi connectivity index (χ1v) is 24.9. The minimum Gasteiger partial charge on any atom is -0.357 e. The molecule has 0 spiro atoms. The number of nitrogens with one attached hydrogen (secondary N) is 1. The van der Waals surface area contributed by atoms with Crippen LogP contribution in [0.4, 0.5) is 37.7 Å². The number of carbonyl (C=O) groups is 2. The van der Waals surface area contributed by atoms with Gasteiger partial charge in [-0.3, -0.25) is 14.6 Å². The van der Waals surface area contributed by atoms with Gasteiger partial charge in [-0.15, -0.1) is 0 Å². The Hall–Kier alpha value is -6.52. The van der Waals surface area contributed by atoms with Gasteiger partial charge < -0.3 is 29.2 Å². The number of hydrogen-bond acceptors (Lipinski definition) is 7. The summed E-state index contributed by atoms with van der Waals surface area (Å²) < 4.78 is 101. The Morgan fingerprint density at radius 3 is 1.66 bits per heavy atom. The maximum atomic E-state index is 15.1. The molecule has 4 aliphatic rings. The number of benzene rings is 5. The highest BCUT2D eigenvalue weighted by molar-refractivity contribution is 6.01. The van der Waals surface area contributed by atoms with Gasteiger partial charge in [0, 0.05) is 56.3 Å². The number of fused-ring (bicyclic) bond motifs is 2. The number of nitrogens with zero attached hydrogens (tertiary/aromatic N) is 5. The van der Waals surface area contributed by atoms with Crippen molar-refractivity contribution in [3.63, 3.8) is 0 Å². The first-order chi connectivity index (χ1) is 34.8. The fourth-order valence-corrected chi connectivity index (χ4v) is 11.9. The molecule has 6 atom stereocenters. The highest BCUT2D eigenvalue weighted by atomic mass is 19.4. The number of imidazole rings is 1. The average molecular weight is 1010 g/mol. The summed E-state index contributed by atoms with van der Waals surface area (Å²) in [5.74, 6) is -1.94. The van der Waals surface area contributed by atoms with Crippen LogP contribution >= 0.6 is 0 Å². The Morgan fingerprint density at radius 1 is 0.603 bits per heavy atom. The van der Waals surface area contributed by atoms with E-state index in [2.05, 4.69) is 67.1 Å². The van der Waals surface area contributed by atoms with Gasteiger partial charge in [0.15, 0.2) is 0 Å². The van der Waals surface area contributed by atoms with Crippen LogP contribution in [0.5, 0.6) is 0 Å². The maximum absolute atomic E-state index is 15.1. The predicted molar refractivity (Wildman–Crippen MR) is 266 cm³/mol. The van der Waals surface area contributed by atoms with Crippen LogP contribution in [-0.2, 0) is 42.1 Å². The van der Waals surface area contributed by atoms with Crippen LogP contribution in [0.25, 0.3) is 11.0 Å². The summed E-state index contributed by atoms with van der Waals surface area (Å²) in [7, 11) is 1.84. The SMILES string of the molecule is CO[C@@](C(=O)N1CCC[C@H]1C1=Nc2ccc([C@H]3CC[C@H](c4ccc5nc([C@@H]6CCCN6C(=O)[C@](OC)(c6ccccc6)C(F)(F)F)[nH]c5c4)N3c3ccc(C(C)(C)C)cc3)cc2C1)(c1ccccc1)C(F)(F)F. The number of aromatic nitrogens is 2. The summed E-state index contributed by atoms with van der Waals surface area (Å²) in [6.45, 7) is 6.75. The van der Waals surface area contributed by atoms with E-state index in [1.165, 1.54) is 63.9 Å². The number of H-pyrrole nitrogens is 1. The van der Waals surface area contributed by atoms with E-state index in [9.17, 15) is 9.59 Å². The van der Waals surface area contributed by atoms with E-state index in [1.807, 2.05) is 24.3 Å². The third-order valence-electron chi connectivity index (χ3n) is 15.6.